The van der Waals surface area contributed by atoms with Crippen LogP contribution in [0.25, 0.3) is 0 Å². The zero-order chi connectivity index (χ0) is 11.0. The van der Waals surface area contributed by atoms with Gasteiger partial charge in [0.1, 0.15) is 5.75 Å². The van der Waals surface area contributed by atoms with Gasteiger partial charge in [-0.25, -0.2) is 0 Å². The summed E-state index contributed by atoms with van der Waals surface area (Å²) < 4.78 is 5.47. The number of halogens is 1. The third-order valence-corrected chi connectivity index (χ3v) is 1.72. The van der Waals surface area contributed by atoms with Gasteiger partial charge in [0.15, 0.2) is 0 Å². The first kappa shape index (κ1) is 13.3. The van der Waals surface area contributed by atoms with Crippen LogP contribution in [-0.4, -0.2) is 6.61 Å². The zero-order valence-corrected chi connectivity index (χ0v) is 10.1. The van der Waals surface area contributed by atoms with Crippen molar-refractivity contribution in [3.05, 3.63) is 29.3 Å². The van der Waals surface area contributed by atoms with E-state index in [2.05, 4.69) is 13.8 Å². The van der Waals surface area contributed by atoms with Gasteiger partial charge in [-0.05, 0) is 18.1 Å². The van der Waals surface area contributed by atoms with E-state index >= 15 is 0 Å². The lowest BCUT2D eigenvalue weighted by Gasteiger charge is -2.09. The van der Waals surface area contributed by atoms with Crippen molar-refractivity contribution in [1.29, 1.82) is 0 Å². The molecule has 80 valence electrons. The molecule has 0 aliphatic rings. The summed E-state index contributed by atoms with van der Waals surface area (Å²) in [6, 6.07) is 7.52. The van der Waals surface area contributed by atoms with E-state index < -0.39 is 0 Å². The van der Waals surface area contributed by atoms with Crippen LogP contribution in [0.3, 0.4) is 0 Å². The number of para-hydroxylation sites is 1. The van der Waals surface area contributed by atoms with Crippen LogP contribution in [0, 0.1) is 5.92 Å². The molecule has 0 atom stereocenters. The molecule has 0 radical (unpaired) electrons. The third kappa shape index (κ3) is 5.13. The van der Waals surface area contributed by atoms with Gasteiger partial charge in [0, 0.05) is 0 Å². The monoisotopic (exact) mass is 214 g/mol. The lowest BCUT2D eigenvalue weighted by Crippen LogP contribution is -2.04. The highest BCUT2D eigenvalue weighted by Gasteiger charge is 2.00. The number of benzene rings is 1. The van der Waals surface area contributed by atoms with Gasteiger partial charge in [0.05, 0.1) is 11.6 Å². The molecule has 0 saturated heterocycles. The lowest BCUT2D eigenvalue weighted by atomic mass is 10.2. The number of ether oxygens (including phenoxy) is 1. The number of hydrogen-bond donors (Lipinski definition) is 0. The van der Waals surface area contributed by atoms with Crippen LogP contribution in [-0.2, 0) is 0 Å². The SMILES string of the molecule is CC.CC(C)COc1ccccc1Cl. The summed E-state index contributed by atoms with van der Waals surface area (Å²) in [6.45, 7) is 8.93. The Labute approximate surface area is 92.0 Å². The van der Waals surface area contributed by atoms with Crippen molar-refractivity contribution in [2.45, 2.75) is 27.7 Å². The molecule has 0 amide bonds. The molecule has 0 bridgehead atoms. The standard InChI is InChI=1S/C10H13ClO.C2H6/c1-8(2)7-12-10-6-4-3-5-9(10)11;1-2/h3-6,8H,7H2,1-2H3;1-2H3. The maximum atomic E-state index is 5.88. The second-order valence-electron chi connectivity index (χ2n) is 3.14. The van der Waals surface area contributed by atoms with Crippen molar-refractivity contribution in [2.75, 3.05) is 6.61 Å². The van der Waals surface area contributed by atoms with Crippen molar-refractivity contribution in [3.8, 4) is 5.75 Å². The topological polar surface area (TPSA) is 9.23 Å². The molecule has 2 heteroatoms. The van der Waals surface area contributed by atoms with E-state index in [1.165, 1.54) is 0 Å². The van der Waals surface area contributed by atoms with E-state index in [9.17, 15) is 0 Å². The summed E-state index contributed by atoms with van der Waals surface area (Å²) in [5.74, 6) is 1.30. The minimum absolute atomic E-state index is 0.529. The maximum Gasteiger partial charge on any atom is 0.137 e. The molecule has 1 aromatic carbocycles. The fourth-order valence-electron chi connectivity index (χ4n) is 0.818. The van der Waals surface area contributed by atoms with Crippen LogP contribution in [0.5, 0.6) is 5.75 Å². The molecule has 0 saturated carbocycles. The van der Waals surface area contributed by atoms with Gasteiger partial charge in [-0.15, -0.1) is 0 Å². The summed E-state index contributed by atoms with van der Waals surface area (Å²) in [6.07, 6.45) is 0. The van der Waals surface area contributed by atoms with Gasteiger partial charge in [-0.3, -0.25) is 0 Å². The summed E-state index contributed by atoms with van der Waals surface area (Å²) in [5.41, 5.74) is 0. The average Bonchev–Trinajstić information content (AvgIpc) is 2.19. The Hall–Kier alpha value is -0.690. The highest BCUT2D eigenvalue weighted by Crippen LogP contribution is 2.23. The van der Waals surface area contributed by atoms with Crippen molar-refractivity contribution >= 4 is 11.6 Å². The van der Waals surface area contributed by atoms with E-state index in [4.69, 9.17) is 16.3 Å². The number of hydrogen-bond acceptors (Lipinski definition) is 1. The molecule has 0 aliphatic carbocycles. The summed E-state index contributed by atoms with van der Waals surface area (Å²) >= 11 is 5.88. The molecule has 0 heterocycles. The van der Waals surface area contributed by atoms with Gasteiger partial charge in [0.25, 0.3) is 0 Å². The van der Waals surface area contributed by atoms with E-state index in [-0.39, 0.29) is 0 Å². The highest BCUT2D eigenvalue weighted by molar-refractivity contribution is 6.32. The van der Waals surface area contributed by atoms with Crippen LogP contribution in [0.2, 0.25) is 5.02 Å². The Morgan fingerprint density at radius 3 is 2.29 bits per heavy atom. The van der Waals surface area contributed by atoms with Gasteiger partial charge in [-0.1, -0.05) is 51.4 Å². The quantitative estimate of drug-likeness (QED) is 0.725. The first-order chi connectivity index (χ1) is 6.70. The molecule has 0 aliphatic heterocycles. The van der Waals surface area contributed by atoms with Crippen molar-refractivity contribution in [3.63, 3.8) is 0 Å². The first-order valence-electron chi connectivity index (χ1n) is 5.07. The van der Waals surface area contributed by atoms with Gasteiger partial charge in [0.2, 0.25) is 0 Å². The molecule has 1 nitrogen and oxygen atoms in total. The van der Waals surface area contributed by atoms with E-state index in [1.807, 2.05) is 38.1 Å². The van der Waals surface area contributed by atoms with E-state index in [0.717, 1.165) is 5.75 Å². The molecule has 1 aromatic rings. The largest absolute Gasteiger partial charge is 0.492 e. The molecule has 0 fully saturated rings. The predicted molar refractivity (Wildman–Crippen MR) is 63.1 cm³/mol. The predicted octanol–water partition coefficient (Wildman–Crippen LogP) is 4.40. The maximum absolute atomic E-state index is 5.88. The van der Waals surface area contributed by atoms with Crippen molar-refractivity contribution in [2.24, 2.45) is 5.92 Å². The molecule has 0 unspecified atom stereocenters. The Morgan fingerprint density at radius 1 is 1.21 bits per heavy atom. The van der Waals surface area contributed by atoms with Crippen LogP contribution in [0.15, 0.2) is 24.3 Å². The molecular weight excluding hydrogens is 196 g/mol. The fraction of sp³-hybridized carbons (Fsp3) is 0.500. The van der Waals surface area contributed by atoms with Crippen LogP contribution in [0.4, 0.5) is 0 Å². The first-order valence-corrected chi connectivity index (χ1v) is 5.45. The van der Waals surface area contributed by atoms with Crippen LogP contribution >= 0.6 is 11.6 Å². The Kier molecular flexibility index (Phi) is 7.31. The van der Waals surface area contributed by atoms with E-state index in [0.29, 0.717) is 17.5 Å². The Balaban J connectivity index is 0.000000791. The molecule has 0 N–H and O–H groups in total. The average molecular weight is 215 g/mol. The van der Waals surface area contributed by atoms with Gasteiger partial charge >= 0.3 is 0 Å². The van der Waals surface area contributed by atoms with Crippen molar-refractivity contribution in [1.82, 2.24) is 0 Å². The fourth-order valence-corrected chi connectivity index (χ4v) is 1.01. The summed E-state index contributed by atoms with van der Waals surface area (Å²) in [7, 11) is 0. The Bertz CT molecular complexity index is 246. The van der Waals surface area contributed by atoms with Gasteiger partial charge in [-0.2, -0.15) is 0 Å². The minimum atomic E-state index is 0.529. The molecule has 0 aromatic heterocycles. The molecule has 1 rings (SSSR count). The minimum Gasteiger partial charge on any atom is -0.492 e. The van der Waals surface area contributed by atoms with E-state index in [1.54, 1.807) is 0 Å². The lowest BCUT2D eigenvalue weighted by molar-refractivity contribution is 0.271. The molecule has 14 heavy (non-hydrogen) atoms. The third-order valence-electron chi connectivity index (χ3n) is 1.41. The van der Waals surface area contributed by atoms with Crippen LogP contribution < -0.4 is 4.74 Å². The summed E-state index contributed by atoms with van der Waals surface area (Å²) in [4.78, 5) is 0. The van der Waals surface area contributed by atoms with Crippen molar-refractivity contribution < 1.29 is 4.74 Å². The number of rotatable bonds is 3. The Morgan fingerprint density at radius 2 is 1.79 bits per heavy atom. The molecular formula is C12H19ClO. The second kappa shape index (κ2) is 7.69. The normalized spacial score (nSPS) is 9.29. The smallest absolute Gasteiger partial charge is 0.137 e. The zero-order valence-electron chi connectivity index (χ0n) is 9.38. The van der Waals surface area contributed by atoms with Crippen LogP contribution in [0.1, 0.15) is 27.7 Å². The second-order valence-corrected chi connectivity index (χ2v) is 3.54. The summed E-state index contributed by atoms with van der Waals surface area (Å²) in [5, 5.41) is 0.679. The molecule has 0 spiro atoms. The van der Waals surface area contributed by atoms with Gasteiger partial charge < -0.3 is 4.74 Å². The highest BCUT2D eigenvalue weighted by atomic mass is 35.5.